The second-order valence-corrected chi connectivity index (χ2v) is 4.75. The number of thioether (sulfide) groups is 1. The number of hydrogen-bond donors (Lipinski definition) is 0. The fourth-order valence-electron chi connectivity index (χ4n) is 1.38. The van der Waals surface area contributed by atoms with Gasteiger partial charge < -0.3 is 4.42 Å². The Bertz CT molecular complexity index is 263. The maximum atomic E-state index is 5.27. The lowest BCUT2D eigenvalue weighted by atomic mass is 10.1. The van der Waals surface area contributed by atoms with Crippen LogP contribution >= 0.6 is 11.8 Å². The Kier molecular flexibility index (Phi) is 6.48. The first kappa shape index (κ1) is 12.6. The van der Waals surface area contributed by atoms with Gasteiger partial charge in [0.2, 0.25) is 5.89 Å². The predicted octanol–water partition coefficient (Wildman–Crippen LogP) is 3.83. The minimum atomic E-state index is 0.653. The molecular weight excluding hydrogens is 208 g/mol. The molecule has 86 valence electrons. The third-order valence-electron chi connectivity index (χ3n) is 2.23. The van der Waals surface area contributed by atoms with Crippen LogP contribution in [0.15, 0.2) is 9.64 Å². The minimum absolute atomic E-state index is 0.653. The molecule has 0 saturated heterocycles. The first-order chi connectivity index (χ1) is 7.33. The van der Waals surface area contributed by atoms with Gasteiger partial charge in [0.05, 0.1) is 0 Å². The van der Waals surface area contributed by atoms with Crippen molar-refractivity contribution in [3.05, 3.63) is 5.89 Å². The number of nitrogens with zero attached hydrogens (tertiary/aromatic N) is 2. The van der Waals surface area contributed by atoms with Gasteiger partial charge in [0.1, 0.15) is 0 Å². The van der Waals surface area contributed by atoms with Crippen molar-refractivity contribution in [1.29, 1.82) is 0 Å². The third-order valence-corrected chi connectivity index (χ3v) is 3.14. The highest BCUT2D eigenvalue weighted by atomic mass is 32.2. The minimum Gasteiger partial charge on any atom is -0.416 e. The summed E-state index contributed by atoms with van der Waals surface area (Å²) in [5.41, 5.74) is 0. The van der Waals surface area contributed by atoms with Crippen LogP contribution in [0.4, 0.5) is 0 Å². The molecule has 0 spiro atoms. The SMILES string of the molecule is CCCCCCCCSc1nnc(C)o1. The van der Waals surface area contributed by atoms with Crippen LogP contribution in [-0.2, 0) is 0 Å². The van der Waals surface area contributed by atoms with Crippen LogP contribution in [0.1, 0.15) is 51.3 Å². The fourth-order valence-corrected chi connectivity index (χ4v) is 2.18. The van der Waals surface area contributed by atoms with E-state index in [0.29, 0.717) is 11.1 Å². The van der Waals surface area contributed by atoms with Crippen LogP contribution in [0.3, 0.4) is 0 Å². The molecule has 0 amide bonds. The summed E-state index contributed by atoms with van der Waals surface area (Å²) in [4.78, 5) is 0. The summed E-state index contributed by atoms with van der Waals surface area (Å²) in [5.74, 6) is 1.74. The van der Waals surface area contributed by atoms with E-state index in [1.165, 1.54) is 38.5 Å². The number of rotatable bonds is 8. The number of hydrogen-bond acceptors (Lipinski definition) is 4. The van der Waals surface area contributed by atoms with Gasteiger partial charge in [0, 0.05) is 12.7 Å². The second-order valence-electron chi connectivity index (χ2n) is 3.70. The summed E-state index contributed by atoms with van der Waals surface area (Å²) in [7, 11) is 0. The molecule has 0 atom stereocenters. The van der Waals surface area contributed by atoms with Crippen LogP contribution in [0.2, 0.25) is 0 Å². The topological polar surface area (TPSA) is 38.9 Å². The summed E-state index contributed by atoms with van der Waals surface area (Å²) < 4.78 is 5.27. The number of aromatic nitrogens is 2. The Hall–Kier alpha value is -0.510. The van der Waals surface area contributed by atoms with E-state index in [4.69, 9.17) is 4.42 Å². The van der Waals surface area contributed by atoms with Crippen LogP contribution < -0.4 is 0 Å². The maximum absolute atomic E-state index is 5.27. The van der Waals surface area contributed by atoms with Crippen LogP contribution in [0.25, 0.3) is 0 Å². The molecule has 0 unspecified atom stereocenters. The van der Waals surface area contributed by atoms with Gasteiger partial charge in [-0.05, 0) is 6.42 Å². The normalized spacial score (nSPS) is 10.8. The van der Waals surface area contributed by atoms with Gasteiger partial charge in [-0.3, -0.25) is 0 Å². The van der Waals surface area contributed by atoms with E-state index < -0.39 is 0 Å². The van der Waals surface area contributed by atoms with Gasteiger partial charge in [0.25, 0.3) is 5.22 Å². The van der Waals surface area contributed by atoms with Crippen LogP contribution in [0, 0.1) is 6.92 Å². The molecule has 15 heavy (non-hydrogen) atoms. The monoisotopic (exact) mass is 228 g/mol. The lowest BCUT2D eigenvalue weighted by Crippen LogP contribution is -1.82. The molecule has 1 rings (SSSR count). The van der Waals surface area contributed by atoms with Crippen molar-refractivity contribution < 1.29 is 4.42 Å². The van der Waals surface area contributed by atoms with Crippen molar-refractivity contribution in [2.75, 3.05) is 5.75 Å². The zero-order valence-corrected chi connectivity index (χ0v) is 10.5. The predicted molar refractivity (Wildman–Crippen MR) is 63.1 cm³/mol. The Balaban J connectivity index is 1.93. The molecule has 0 aromatic carbocycles. The smallest absolute Gasteiger partial charge is 0.276 e. The van der Waals surface area contributed by atoms with E-state index in [1.54, 1.807) is 11.8 Å². The zero-order chi connectivity index (χ0) is 10.9. The van der Waals surface area contributed by atoms with E-state index in [-0.39, 0.29) is 0 Å². The van der Waals surface area contributed by atoms with E-state index in [0.717, 1.165) is 5.75 Å². The standard InChI is InChI=1S/C11H20N2OS/c1-3-4-5-6-7-8-9-15-11-13-12-10(2)14-11/h3-9H2,1-2H3. The van der Waals surface area contributed by atoms with Crippen molar-refractivity contribution in [2.45, 2.75) is 57.6 Å². The largest absolute Gasteiger partial charge is 0.416 e. The average molecular weight is 228 g/mol. The summed E-state index contributed by atoms with van der Waals surface area (Å²) in [5, 5.41) is 8.44. The van der Waals surface area contributed by atoms with Gasteiger partial charge in [0.15, 0.2) is 0 Å². The third kappa shape index (κ3) is 5.82. The molecule has 0 aliphatic heterocycles. The first-order valence-electron chi connectivity index (χ1n) is 5.76. The Morgan fingerprint density at radius 1 is 1.07 bits per heavy atom. The molecule has 1 aromatic heterocycles. The molecule has 3 nitrogen and oxygen atoms in total. The molecule has 4 heteroatoms. The number of unbranched alkanes of at least 4 members (excludes halogenated alkanes) is 5. The summed E-state index contributed by atoms with van der Waals surface area (Å²) in [6.45, 7) is 4.07. The first-order valence-corrected chi connectivity index (χ1v) is 6.74. The highest BCUT2D eigenvalue weighted by molar-refractivity contribution is 7.99. The molecule has 0 fully saturated rings. The molecule has 0 bridgehead atoms. The van der Waals surface area contributed by atoms with E-state index >= 15 is 0 Å². The molecule has 0 aliphatic carbocycles. The summed E-state index contributed by atoms with van der Waals surface area (Å²) in [6.07, 6.45) is 7.99. The van der Waals surface area contributed by atoms with E-state index in [9.17, 15) is 0 Å². The molecule has 0 radical (unpaired) electrons. The van der Waals surface area contributed by atoms with Crippen molar-refractivity contribution in [3.63, 3.8) is 0 Å². The van der Waals surface area contributed by atoms with Crippen molar-refractivity contribution in [3.8, 4) is 0 Å². The lowest BCUT2D eigenvalue weighted by Gasteiger charge is -1.98. The van der Waals surface area contributed by atoms with Gasteiger partial charge in [-0.25, -0.2) is 0 Å². The van der Waals surface area contributed by atoms with Gasteiger partial charge in [-0.15, -0.1) is 10.2 Å². The van der Waals surface area contributed by atoms with Crippen molar-refractivity contribution in [2.24, 2.45) is 0 Å². The Morgan fingerprint density at radius 2 is 1.80 bits per heavy atom. The molecule has 0 N–H and O–H groups in total. The molecular formula is C11H20N2OS. The highest BCUT2D eigenvalue weighted by Crippen LogP contribution is 2.18. The highest BCUT2D eigenvalue weighted by Gasteiger charge is 2.01. The van der Waals surface area contributed by atoms with Crippen LogP contribution in [-0.4, -0.2) is 16.0 Å². The van der Waals surface area contributed by atoms with E-state index in [1.807, 2.05) is 6.92 Å². The average Bonchev–Trinajstić information content (AvgIpc) is 2.63. The molecule has 0 aliphatic rings. The molecule has 1 heterocycles. The Morgan fingerprint density at radius 3 is 2.47 bits per heavy atom. The maximum Gasteiger partial charge on any atom is 0.276 e. The van der Waals surface area contributed by atoms with Crippen molar-refractivity contribution >= 4 is 11.8 Å². The van der Waals surface area contributed by atoms with Gasteiger partial charge in [-0.2, -0.15) is 0 Å². The zero-order valence-electron chi connectivity index (χ0n) is 9.66. The Labute approximate surface area is 96.0 Å². The van der Waals surface area contributed by atoms with Crippen molar-refractivity contribution in [1.82, 2.24) is 10.2 Å². The number of aryl methyl sites for hydroxylation is 1. The summed E-state index contributed by atoms with van der Waals surface area (Å²) >= 11 is 1.66. The molecule has 1 aromatic rings. The second kappa shape index (κ2) is 7.74. The van der Waals surface area contributed by atoms with E-state index in [2.05, 4.69) is 17.1 Å². The lowest BCUT2D eigenvalue weighted by molar-refractivity contribution is 0.429. The summed E-state index contributed by atoms with van der Waals surface area (Å²) in [6, 6.07) is 0. The van der Waals surface area contributed by atoms with Crippen LogP contribution in [0.5, 0.6) is 0 Å². The quantitative estimate of drug-likeness (QED) is 0.500. The molecule has 0 saturated carbocycles. The fraction of sp³-hybridized carbons (Fsp3) is 0.818. The van der Waals surface area contributed by atoms with Gasteiger partial charge in [-0.1, -0.05) is 50.8 Å². The van der Waals surface area contributed by atoms with Gasteiger partial charge >= 0.3 is 0 Å².